The van der Waals surface area contributed by atoms with Crippen molar-refractivity contribution in [2.24, 2.45) is 0 Å². The predicted octanol–water partition coefficient (Wildman–Crippen LogP) is 4.39. The molecule has 2 aliphatic rings. The number of hydrogen-bond acceptors (Lipinski definition) is 6. The van der Waals surface area contributed by atoms with Crippen LogP contribution in [0.15, 0.2) is 36.4 Å². The third-order valence-corrected chi connectivity index (χ3v) is 6.86. The maximum Gasteiger partial charge on any atom is 0.534 e. The Balaban J connectivity index is 1.68. The van der Waals surface area contributed by atoms with Gasteiger partial charge < -0.3 is 8.37 Å². The van der Waals surface area contributed by atoms with Gasteiger partial charge in [0.05, 0.1) is 0 Å². The molecule has 4 rings (SSSR count). The Morgan fingerprint density at radius 1 is 0.677 bits per heavy atom. The molecule has 0 amide bonds. The van der Waals surface area contributed by atoms with E-state index in [1.54, 1.807) is 0 Å². The molecule has 6 nitrogen and oxygen atoms in total. The van der Waals surface area contributed by atoms with Gasteiger partial charge in [0.2, 0.25) is 0 Å². The van der Waals surface area contributed by atoms with Gasteiger partial charge in [0.25, 0.3) is 0 Å². The molecule has 0 aromatic heterocycles. The molecule has 0 bridgehead atoms. The van der Waals surface area contributed by atoms with Crippen LogP contribution in [0.25, 0.3) is 11.1 Å². The molecule has 0 N–H and O–H groups in total. The molecule has 2 atom stereocenters. The van der Waals surface area contributed by atoms with Crippen LogP contribution >= 0.6 is 0 Å². The third kappa shape index (κ3) is 3.71. The zero-order valence-corrected chi connectivity index (χ0v) is 16.5. The highest BCUT2D eigenvalue weighted by Crippen LogP contribution is 2.63. The molecular formula is C17H10F6O6S2. The molecule has 0 saturated heterocycles. The molecule has 31 heavy (non-hydrogen) atoms. The van der Waals surface area contributed by atoms with Crippen LogP contribution in [-0.4, -0.2) is 27.9 Å². The molecule has 0 radical (unpaired) electrons. The fourth-order valence-corrected chi connectivity index (χ4v) is 4.42. The standard InChI is InChI=1S/C17H10F6O6S2/c18-16(19,20)30(24,25)28-8-1-3-10-11-4-2-9(29-31(26,27)17(21,22)23)6-13(11)15-7-14(15)12(10)5-8/h1-6,14-15H,7H2. The van der Waals surface area contributed by atoms with E-state index in [0.717, 1.165) is 12.1 Å². The first kappa shape index (κ1) is 21.7. The predicted molar refractivity (Wildman–Crippen MR) is 93.2 cm³/mol. The topological polar surface area (TPSA) is 86.7 Å². The molecule has 2 aromatic carbocycles. The van der Waals surface area contributed by atoms with Crippen molar-refractivity contribution in [2.75, 3.05) is 0 Å². The van der Waals surface area contributed by atoms with Crippen LogP contribution in [0.5, 0.6) is 11.5 Å². The average Bonchev–Trinajstić information content (AvgIpc) is 3.40. The van der Waals surface area contributed by atoms with Gasteiger partial charge >= 0.3 is 31.3 Å². The van der Waals surface area contributed by atoms with E-state index in [1.165, 1.54) is 24.3 Å². The van der Waals surface area contributed by atoms with E-state index in [0.29, 0.717) is 28.7 Å². The summed E-state index contributed by atoms with van der Waals surface area (Å²) in [5.41, 5.74) is -9.13. The molecule has 0 aliphatic heterocycles. The van der Waals surface area contributed by atoms with Gasteiger partial charge in [0.1, 0.15) is 11.5 Å². The summed E-state index contributed by atoms with van der Waals surface area (Å²) in [5.74, 6) is -1.54. The van der Waals surface area contributed by atoms with Crippen molar-refractivity contribution in [3.8, 4) is 22.6 Å². The molecule has 168 valence electrons. The fraction of sp³-hybridized carbons (Fsp3) is 0.294. The number of hydrogen-bond donors (Lipinski definition) is 0. The van der Waals surface area contributed by atoms with Gasteiger partial charge in [-0.2, -0.15) is 43.2 Å². The summed E-state index contributed by atoms with van der Waals surface area (Å²) in [7, 11) is -11.7. The lowest BCUT2D eigenvalue weighted by Gasteiger charge is -2.21. The Labute approximate surface area is 171 Å². The molecule has 0 heterocycles. The lowest BCUT2D eigenvalue weighted by molar-refractivity contribution is -0.0504. The van der Waals surface area contributed by atoms with Gasteiger partial charge in [0.15, 0.2) is 0 Å². The quantitative estimate of drug-likeness (QED) is 0.360. The molecular weight excluding hydrogens is 478 g/mol. The van der Waals surface area contributed by atoms with E-state index in [4.69, 9.17) is 0 Å². The lowest BCUT2D eigenvalue weighted by atomic mass is 9.85. The molecule has 14 heteroatoms. The first-order valence-electron chi connectivity index (χ1n) is 8.40. The summed E-state index contributed by atoms with van der Waals surface area (Å²) in [6.45, 7) is 0. The van der Waals surface area contributed by atoms with Crippen molar-refractivity contribution in [1.29, 1.82) is 0 Å². The highest BCUT2D eigenvalue weighted by atomic mass is 32.2. The van der Waals surface area contributed by atoms with Gasteiger partial charge in [-0.25, -0.2) is 0 Å². The van der Waals surface area contributed by atoms with E-state index in [1.807, 2.05) is 0 Å². The minimum atomic E-state index is -5.84. The van der Waals surface area contributed by atoms with Gasteiger partial charge in [-0.15, -0.1) is 0 Å². The monoisotopic (exact) mass is 488 g/mol. The van der Waals surface area contributed by atoms with Crippen LogP contribution in [0.4, 0.5) is 26.3 Å². The lowest BCUT2D eigenvalue weighted by Crippen LogP contribution is -2.28. The maximum absolute atomic E-state index is 12.5. The SMILES string of the molecule is O=S(=O)(Oc1ccc2c(c1)C1CC1c1cc(OS(=O)(=O)C(F)(F)F)ccc1-2)C(F)(F)F. The van der Waals surface area contributed by atoms with Crippen LogP contribution in [0.3, 0.4) is 0 Å². The Bertz CT molecular complexity index is 1180. The summed E-state index contributed by atoms with van der Waals surface area (Å²) >= 11 is 0. The van der Waals surface area contributed by atoms with Crippen LogP contribution in [0.2, 0.25) is 0 Å². The summed E-state index contributed by atoms with van der Waals surface area (Å²) < 4.78 is 128. The van der Waals surface area contributed by atoms with Crippen molar-refractivity contribution in [3.63, 3.8) is 0 Å². The highest BCUT2D eigenvalue weighted by Gasteiger charge is 2.50. The second-order valence-electron chi connectivity index (χ2n) is 6.91. The zero-order valence-electron chi connectivity index (χ0n) is 14.9. The van der Waals surface area contributed by atoms with E-state index < -0.39 is 42.8 Å². The minimum absolute atomic E-state index is 0.242. The first-order valence-corrected chi connectivity index (χ1v) is 11.2. The summed E-state index contributed by atoms with van der Waals surface area (Å²) in [6.07, 6.45) is 0.477. The summed E-state index contributed by atoms with van der Waals surface area (Å²) in [6, 6.07) is 7.05. The minimum Gasteiger partial charge on any atom is -0.376 e. The summed E-state index contributed by atoms with van der Waals surface area (Å²) in [4.78, 5) is 0. The molecule has 0 spiro atoms. The Kier molecular flexibility index (Phi) is 4.57. The van der Waals surface area contributed by atoms with E-state index in [-0.39, 0.29) is 11.8 Å². The molecule has 1 saturated carbocycles. The normalized spacial score (nSPS) is 20.3. The molecule has 2 aliphatic carbocycles. The van der Waals surface area contributed by atoms with E-state index in [9.17, 15) is 43.2 Å². The maximum atomic E-state index is 12.5. The van der Waals surface area contributed by atoms with Crippen molar-refractivity contribution >= 4 is 20.2 Å². The smallest absolute Gasteiger partial charge is 0.376 e. The van der Waals surface area contributed by atoms with Crippen LogP contribution in [0, 0.1) is 0 Å². The second kappa shape index (κ2) is 6.51. The highest BCUT2D eigenvalue weighted by molar-refractivity contribution is 7.88. The second-order valence-corrected chi connectivity index (χ2v) is 9.99. The van der Waals surface area contributed by atoms with Gasteiger partial charge in [-0.1, -0.05) is 12.1 Å². The largest absolute Gasteiger partial charge is 0.534 e. The van der Waals surface area contributed by atoms with E-state index in [2.05, 4.69) is 8.37 Å². The number of halogens is 6. The number of rotatable bonds is 4. The molecule has 2 unspecified atom stereocenters. The Morgan fingerprint density at radius 3 is 1.35 bits per heavy atom. The first-order chi connectivity index (χ1) is 14.1. The Morgan fingerprint density at radius 2 is 1.03 bits per heavy atom. The molecule has 2 aromatic rings. The van der Waals surface area contributed by atoms with Crippen LogP contribution in [-0.2, 0) is 20.2 Å². The zero-order chi connectivity index (χ0) is 23.0. The number of alkyl halides is 6. The number of benzene rings is 2. The van der Waals surface area contributed by atoms with Gasteiger partial charge in [-0.3, -0.25) is 0 Å². The summed E-state index contributed by atoms with van der Waals surface area (Å²) in [5, 5.41) is 0. The van der Waals surface area contributed by atoms with Crippen molar-refractivity contribution < 1.29 is 51.5 Å². The van der Waals surface area contributed by atoms with Crippen LogP contribution in [0.1, 0.15) is 29.4 Å². The molecule has 1 fully saturated rings. The van der Waals surface area contributed by atoms with Gasteiger partial charge in [0, 0.05) is 0 Å². The van der Waals surface area contributed by atoms with Gasteiger partial charge in [-0.05, 0) is 64.8 Å². The van der Waals surface area contributed by atoms with Crippen molar-refractivity contribution in [2.45, 2.75) is 29.3 Å². The van der Waals surface area contributed by atoms with Crippen molar-refractivity contribution in [1.82, 2.24) is 0 Å². The third-order valence-electron chi connectivity index (χ3n) is 4.90. The Hall–Kier alpha value is -2.48. The average molecular weight is 488 g/mol. The van der Waals surface area contributed by atoms with Crippen molar-refractivity contribution in [3.05, 3.63) is 47.5 Å². The number of fused-ring (bicyclic) bond motifs is 6. The van der Waals surface area contributed by atoms with Crippen LogP contribution < -0.4 is 8.37 Å². The van der Waals surface area contributed by atoms with E-state index >= 15 is 0 Å². The fourth-order valence-electron chi connectivity index (χ4n) is 3.52.